The van der Waals surface area contributed by atoms with Gasteiger partial charge in [-0.25, -0.2) is 4.98 Å². The minimum Gasteiger partial charge on any atom is -0.352 e. The topological polar surface area (TPSA) is 98.4 Å². The lowest BCUT2D eigenvalue weighted by Gasteiger charge is -2.34. The highest BCUT2D eigenvalue weighted by Crippen LogP contribution is 2.18. The molecule has 1 saturated carbocycles. The molecule has 2 aliphatic rings. The summed E-state index contributed by atoms with van der Waals surface area (Å²) in [5, 5.41) is 3.58. The van der Waals surface area contributed by atoms with Crippen molar-refractivity contribution < 1.29 is 9.59 Å². The summed E-state index contributed by atoms with van der Waals surface area (Å²) in [6.07, 6.45) is 3.82. The van der Waals surface area contributed by atoms with Crippen molar-refractivity contribution in [2.24, 2.45) is 0 Å². The fraction of sp³-hybridized carbons (Fsp3) is 0.524. The summed E-state index contributed by atoms with van der Waals surface area (Å²) in [7, 11) is 0. The summed E-state index contributed by atoms with van der Waals surface area (Å²) in [6, 6.07) is 7.64. The summed E-state index contributed by atoms with van der Waals surface area (Å²) < 4.78 is 0. The van der Waals surface area contributed by atoms with Gasteiger partial charge in [-0.1, -0.05) is 12.1 Å². The van der Waals surface area contributed by atoms with Crippen molar-refractivity contribution in [2.75, 3.05) is 32.7 Å². The van der Waals surface area contributed by atoms with Crippen LogP contribution >= 0.6 is 0 Å². The standard InChI is InChI=1S/C21H27N5O3/c27-19(22-15-8-9-15)14-25-10-12-26(13-11-25)20(28)7-3-6-18-23-17-5-2-1-4-16(17)21(29)24-18/h1-2,4-5,15H,3,6-14H2,(H,22,27)(H,23,24,29). The Morgan fingerprint density at radius 1 is 1.14 bits per heavy atom. The van der Waals surface area contributed by atoms with Crippen LogP contribution in [-0.4, -0.2) is 70.3 Å². The van der Waals surface area contributed by atoms with E-state index in [-0.39, 0.29) is 17.4 Å². The first-order valence-electron chi connectivity index (χ1n) is 10.4. The zero-order valence-corrected chi connectivity index (χ0v) is 16.5. The molecule has 0 spiro atoms. The Labute approximate surface area is 169 Å². The number of nitrogens with one attached hydrogen (secondary N) is 2. The van der Waals surface area contributed by atoms with E-state index in [1.165, 1.54) is 0 Å². The summed E-state index contributed by atoms with van der Waals surface area (Å²) in [6.45, 7) is 3.17. The normalized spacial score (nSPS) is 17.4. The maximum absolute atomic E-state index is 12.5. The lowest BCUT2D eigenvalue weighted by Crippen LogP contribution is -2.51. The lowest BCUT2D eigenvalue weighted by molar-refractivity contribution is -0.133. The molecule has 1 saturated heterocycles. The molecule has 2 fully saturated rings. The van der Waals surface area contributed by atoms with Gasteiger partial charge in [0.15, 0.2) is 0 Å². The van der Waals surface area contributed by atoms with Crippen LogP contribution in [0.2, 0.25) is 0 Å². The van der Waals surface area contributed by atoms with E-state index in [0.29, 0.717) is 61.7 Å². The second-order valence-corrected chi connectivity index (χ2v) is 7.88. The molecule has 8 nitrogen and oxygen atoms in total. The Bertz CT molecular complexity index is 945. The summed E-state index contributed by atoms with van der Waals surface area (Å²) in [5.74, 6) is 0.826. The van der Waals surface area contributed by atoms with Crippen molar-refractivity contribution in [1.82, 2.24) is 25.1 Å². The third-order valence-electron chi connectivity index (χ3n) is 5.50. The summed E-state index contributed by atoms with van der Waals surface area (Å²) in [5.41, 5.74) is 0.540. The van der Waals surface area contributed by atoms with Crippen molar-refractivity contribution in [3.05, 3.63) is 40.4 Å². The van der Waals surface area contributed by atoms with Crippen molar-refractivity contribution in [1.29, 1.82) is 0 Å². The zero-order valence-electron chi connectivity index (χ0n) is 16.5. The van der Waals surface area contributed by atoms with Crippen LogP contribution in [-0.2, 0) is 16.0 Å². The maximum Gasteiger partial charge on any atom is 0.258 e. The molecular weight excluding hydrogens is 370 g/mol. The molecule has 0 atom stereocenters. The number of hydrogen-bond acceptors (Lipinski definition) is 5. The van der Waals surface area contributed by atoms with Crippen LogP contribution in [0.1, 0.15) is 31.5 Å². The first-order valence-corrected chi connectivity index (χ1v) is 10.4. The van der Waals surface area contributed by atoms with E-state index in [1.807, 2.05) is 23.1 Å². The third-order valence-corrected chi connectivity index (χ3v) is 5.50. The molecule has 8 heteroatoms. The summed E-state index contributed by atoms with van der Waals surface area (Å²) >= 11 is 0. The molecule has 0 unspecified atom stereocenters. The Balaban J connectivity index is 1.20. The maximum atomic E-state index is 12.5. The second-order valence-electron chi connectivity index (χ2n) is 7.88. The number of aromatic amines is 1. The van der Waals surface area contributed by atoms with Gasteiger partial charge in [-0.05, 0) is 31.4 Å². The highest BCUT2D eigenvalue weighted by Gasteiger charge is 2.26. The SMILES string of the molecule is O=C(CN1CCN(C(=O)CCCc2nc3ccccc3c(=O)[nH]2)CC1)NC1CC1. The minimum absolute atomic E-state index is 0.0872. The Kier molecular flexibility index (Phi) is 5.89. The van der Waals surface area contributed by atoms with Gasteiger partial charge < -0.3 is 15.2 Å². The molecule has 0 bridgehead atoms. The number of nitrogens with zero attached hydrogens (tertiary/aromatic N) is 3. The van der Waals surface area contributed by atoms with E-state index < -0.39 is 0 Å². The van der Waals surface area contributed by atoms with Crippen molar-refractivity contribution in [2.45, 2.75) is 38.1 Å². The molecule has 2 heterocycles. The minimum atomic E-state index is -0.140. The first-order chi connectivity index (χ1) is 14.1. The highest BCUT2D eigenvalue weighted by atomic mass is 16.2. The average molecular weight is 397 g/mol. The van der Waals surface area contributed by atoms with E-state index in [4.69, 9.17) is 0 Å². The average Bonchev–Trinajstić information content (AvgIpc) is 3.52. The number of H-pyrrole nitrogens is 1. The zero-order chi connectivity index (χ0) is 20.2. The Morgan fingerprint density at radius 2 is 1.90 bits per heavy atom. The Hall–Kier alpha value is -2.74. The molecule has 2 N–H and O–H groups in total. The van der Waals surface area contributed by atoms with Crippen LogP contribution < -0.4 is 10.9 Å². The van der Waals surface area contributed by atoms with Gasteiger partial charge in [-0.15, -0.1) is 0 Å². The molecular formula is C21H27N5O3. The first kappa shape index (κ1) is 19.6. The number of piperazine rings is 1. The second kappa shape index (κ2) is 8.73. The number of rotatable bonds is 7. The van der Waals surface area contributed by atoms with E-state index in [2.05, 4.69) is 20.2 Å². The molecule has 1 aromatic heterocycles. The molecule has 29 heavy (non-hydrogen) atoms. The van der Waals surface area contributed by atoms with E-state index >= 15 is 0 Å². The molecule has 1 aliphatic heterocycles. The largest absolute Gasteiger partial charge is 0.352 e. The van der Waals surface area contributed by atoms with Gasteiger partial charge in [0.1, 0.15) is 5.82 Å². The lowest BCUT2D eigenvalue weighted by atomic mass is 10.2. The number of benzene rings is 1. The quantitative estimate of drug-likeness (QED) is 0.716. The van der Waals surface area contributed by atoms with E-state index in [1.54, 1.807) is 6.07 Å². The predicted molar refractivity (Wildman–Crippen MR) is 109 cm³/mol. The number of fused-ring (bicyclic) bond motifs is 1. The smallest absolute Gasteiger partial charge is 0.258 e. The summed E-state index contributed by atoms with van der Waals surface area (Å²) in [4.78, 5) is 47.8. The van der Waals surface area contributed by atoms with Crippen LogP contribution in [0.15, 0.2) is 29.1 Å². The van der Waals surface area contributed by atoms with E-state index in [0.717, 1.165) is 25.9 Å². The number of carbonyl (C=O) groups is 2. The number of aromatic nitrogens is 2. The molecule has 1 aliphatic carbocycles. The highest BCUT2D eigenvalue weighted by molar-refractivity contribution is 5.79. The molecule has 2 aromatic rings. The number of aryl methyl sites for hydroxylation is 1. The van der Waals surface area contributed by atoms with Crippen LogP contribution in [0.25, 0.3) is 10.9 Å². The molecule has 2 amide bonds. The van der Waals surface area contributed by atoms with Gasteiger partial charge in [-0.2, -0.15) is 0 Å². The van der Waals surface area contributed by atoms with Gasteiger partial charge in [0.25, 0.3) is 5.56 Å². The van der Waals surface area contributed by atoms with Crippen molar-refractivity contribution in [3.63, 3.8) is 0 Å². The number of carbonyl (C=O) groups excluding carboxylic acids is 2. The fourth-order valence-corrected chi connectivity index (χ4v) is 3.68. The van der Waals surface area contributed by atoms with Crippen LogP contribution in [0.5, 0.6) is 0 Å². The Morgan fingerprint density at radius 3 is 2.66 bits per heavy atom. The van der Waals surface area contributed by atoms with Gasteiger partial charge in [0.05, 0.1) is 17.4 Å². The number of hydrogen-bond donors (Lipinski definition) is 2. The van der Waals surface area contributed by atoms with Crippen LogP contribution in [0.3, 0.4) is 0 Å². The number of para-hydroxylation sites is 1. The van der Waals surface area contributed by atoms with Crippen LogP contribution in [0.4, 0.5) is 0 Å². The van der Waals surface area contributed by atoms with Crippen molar-refractivity contribution in [3.8, 4) is 0 Å². The molecule has 0 radical (unpaired) electrons. The van der Waals surface area contributed by atoms with Gasteiger partial charge >= 0.3 is 0 Å². The monoisotopic (exact) mass is 397 g/mol. The third kappa shape index (κ3) is 5.20. The fourth-order valence-electron chi connectivity index (χ4n) is 3.68. The van der Waals surface area contributed by atoms with Crippen LogP contribution in [0, 0.1) is 0 Å². The van der Waals surface area contributed by atoms with Gasteiger partial charge in [0.2, 0.25) is 11.8 Å². The van der Waals surface area contributed by atoms with Gasteiger partial charge in [0, 0.05) is 45.1 Å². The van der Waals surface area contributed by atoms with Crippen molar-refractivity contribution >= 4 is 22.7 Å². The molecule has 4 rings (SSSR count). The number of amides is 2. The molecule has 1 aromatic carbocycles. The van der Waals surface area contributed by atoms with E-state index in [9.17, 15) is 14.4 Å². The predicted octanol–water partition coefficient (Wildman–Crippen LogP) is 0.669. The molecule has 154 valence electrons. The van der Waals surface area contributed by atoms with Gasteiger partial charge in [-0.3, -0.25) is 19.3 Å².